The first-order valence-electron chi connectivity index (χ1n) is 11.8. The van der Waals surface area contributed by atoms with Crippen molar-refractivity contribution >= 4 is 17.3 Å². The molecule has 0 amide bonds. The van der Waals surface area contributed by atoms with Crippen molar-refractivity contribution in [2.75, 3.05) is 36.5 Å². The molecule has 0 aliphatic heterocycles. The molecule has 0 radical (unpaired) electrons. The van der Waals surface area contributed by atoms with Crippen LogP contribution >= 0.6 is 0 Å². The molecule has 2 aromatic carbocycles. The lowest BCUT2D eigenvalue weighted by Crippen LogP contribution is -2.24. The van der Waals surface area contributed by atoms with Crippen LogP contribution in [0.4, 0.5) is 17.3 Å². The predicted molar refractivity (Wildman–Crippen MR) is 137 cm³/mol. The highest BCUT2D eigenvalue weighted by Gasteiger charge is 2.11. The molecular formula is C26H36N6O2. The van der Waals surface area contributed by atoms with E-state index in [0.717, 1.165) is 44.5 Å². The molecular weight excluding hydrogens is 428 g/mol. The number of nitrogens with two attached hydrogens (primary N) is 2. The molecule has 8 heteroatoms. The van der Waals surface area contributed by atoms with E-state index in [1.807, 2.05) is 6.07 Å². The first kappa shape index (κ1) is 25.3. The van der Waals surface area contributed by atoms with Crippen LogP contribution < -0.4 is 21.5 Å². The Morgan fingerprint density at radius 1 is 0.912 bits per heavy atom. The summed E-state index contributed by atoms with van der Waals surface area (Å²) in [6.45, 7) is 5.88. The molecule has 34 heavy (non-hydrogen) atoms. The summed E-state index contributed by atoms with van der Waals surface area (Å²) >= 11 is 0. The van der Waals surface area contributed by atoms with Crippen LogP contribution in [0.1, 0.15) is 42.9 Å². The lowest BCUT2D eigenvalue weighted by molar-refractivity contribution is 0.212. The number of hydrogen-bond donors (Lipinski definition) is 4. The maximum absolute atomic E-state index is 9.28. The van der Waals surface area contributed by atoms with Crippen molar-refractivity contribution in [3.8, 4) is 6.01 Å². The summed E-state index contributed by atoms with van der Waals surface area (Å²) in [7, 11) is 0. The Bertz CT molecular complexity index is 998. The van der Waals surface area contributed by atoms with Crippen molar-refractivity contribution in [3.05, 3.63) is 71.3 Å². The first-order valence-corrected chi connectivity index (χ1v) is 11.8. The molecule has 0 bridgehead atoms. The van der Waals surface area contributed by atoms with Gasteiger partial charge in [0, 0.05) is 32.8 Å². The first-order chi connectivity index (χ1) is 16.6. The Labute approximate surface area is 202 Å². The van der Waals surface area contributed by atoms with Crippen LogP contribution in [0.3, 0.4) is 0 Å². The van der Waals surface area contributed by atoms with E-state index in [1.165, 1.54) is 11.1 Å². The van der Waals surface area contributed by atoms with Crippen molar-refractivity contribution in [1.82, 2.24) is 14.9 Å². The fraction of sp³-hybridized carbons (Fsp3) is 0.385. The van der Waals surface area contributed by atoms with Gasteiger partial charge < -0.3 is 26.6 Å². The number of hydrogen-bond acceptors (Lipinski definition) is 8. The summed E-state index contributed by atoms with van der Waals surface area (Å²) in [5, 5.41) is 12.5. The van der Waals surface area contributed by atoms with Crippen molar-refractivity contribution in [2.45, 2.75) is 45.8 Å². The normalized spacial score (nSPS) is 11.0. The van der Waals surface area contributed by atoms with E-state index in [1.54, 1.807) is 0 Å². The molecule has 0 unspecified atom stereocenters. The van der Waals surface area contributed by atoms with Gasteiger partial charge in [-0.05, 0) is 29.5 Å². The van der Waals surface area contributed by atoms with Gasteiger partial charge in [0.25, 0.3) is 0 Å². The monoisotopic (exact) mass is 464 g/mol. The molecule has 3 rings (SSSR count). The average molecular weight is 465 g/mol. The van der Waals surface area contributed by atoms with E-state index in [0.29, 0.717) is 24.7 Å². The summed E-state index contributed by atoms with van der Waals surface area (Å²) < 4.78 is 5.58. The third-order valence-corrected chi connectivity index (χ3v) is 5.45. The zero-order valence-corrected chi connectivity index (χ0v) is 19.9. The molecule has 8 nitrogen and oxygen atoms in total. The third-order valence-electron chi connectivity index (χ3n) is 5.45. The van der Waals surface area contributed by atoms with E-state index in [-0.39, 0.29) is 18.4 Å². The number of nitrogen functional groups attached to an aromatic ring is 2. The number of aromatic nitrogens is 2. The van der Waals surface area contributed by atoms with Crippen molar-refractivity contribution < 1.29 is 9.84 Å². The van der Waals surface area contributed by atoms with Gasteiger partial charge in [-0.15, -0.1) is 0 Å². The minimum Gasteiger partial charge on any atom is -0.463 e. The minimum absolute atomic E-state index is 0.192. The van der Waals surface area contributed by atoms with E-state index >= 15 is 0 Å². The number of ether oxygens (including phenoxy) is 1. The average Bonchev–Trinajstić information content (AvgIpc) is 2.85. The SMILES string of the molecule is CCCCOc1nc(N)c(N)c(NCc2ccc(CN(CCCO)Cc3ccccc3)cc2)n1. The van der Waals surface area contributed by atoms with Crippen LogP contribution in [0.2, 0.25) is 0 Å². The van der Waals surface area contributed by atoms with Crippen molar-refractivity contribution in [2.24, 2.45) is 0 Å². The van der Waals surface area contributed by atoms with Gasteiger partial charge in [0.05, 0.1) is 6.61 Å². The molecule has 0 spiro atoms. The van der Waals surface area contributed by atoms with E-state index in [4.69, 9.17) is 16.2 Å². The van der Waals surface area contributed by atoms with Crippen LogP contribution in [0, 0.1) is 0 Å². The molecule has 6 N–H and O–H groups in total. The zero-order valence-electron chi connectivity index (χ0n) is 19.9. The standard InChI is InChI=1S/C26H36N6O2/c1-2-3-16-34-26-30-24(28)23(27)25(31-26)29-17-20-10-12-22(13-11-20)19-32(14-7-15-33)18-21-8-5-4-6-9-21/h4-6,8-13,33H,2-3,7,14-19,27H2,1H3,(H3,28,29,30,31). The lowest BCUT2D eigenvalue weighted by Gasteiger charge is -2.22. The summed E-state index contributed by atoms with van der Waals surface area (Å²) in [6, 6.07) is 19.1. The fourth-order valence-corrected chi connectivity index (χ4v) is 3.53. The Balaban J connectivity index is 1.59. The van der Waals surface area contributed by atoms with Gasteiger partial charge in [-0.1, -0.05) is 67.9 Å². The largest absolute Gasteiger partial charge is 0.463 e. The fourth-order valence-electron chi connectivity index (χ4n) is 3.53. The molecule has 0 saturated carbocycles. The van der Waals surface area contributed by atoms with Crippen molar-refractivity contribution in [1.29, 1.82) is 0 Å². The molecule has 0 aliphatic rings. The van der Waals surface area contributed by atoms with Gasteiger partial charge in [0.1, 0.15) is 5.69 Å². The number of aliphatic hydroxyl groups is 1. The summed E-state index contributed by atoms with van der Waals surface area (Å²) in [5.41, 5.74) is 15.9. The van der Waals surface area contributed by atoms with Gasteiger partial charge in [-0.3, -0.25) is 4.90 Å². The number of anilines is 3. The summed E-state index contributed by atoms with van der Waals surface area (Å²) in [4.78, 5) is 10.8. The van der Waals surface area contributed by atoms with Gasteiger partial charge in [0.2, 0.25) is 0 Å². The molecule has 0 aliphatic carbocycles. The van der Waals surface area contributed by atoms with E-state index < -0.39 is 0 Å². The molecule has 182 valence electrons. The Morgan fingerprint density at radius 2 is 1.59 bits per heavy atom. The van der Waals surface area contributed by atoms with Gasteiger partial charge >= 0.3 is 6.01 Å². The Hall–Kier alpha value is -3.36. The van der Waals surface area contributed by atoms with Gasteiger partial charge in [0.15, 0.2) is 11.6 Å². The lowest BCUT2D eigenvalue weighted by atomic mass is 10.1. The van der Waals surface area contributed by atoms with Gasteiger partial charge in [-0.2, -0.15) is 9.97 Å². The highest BCUT2D eigenvalue weighted by molar-refractivity contribution is 5.73. The quantitative estimate of drug-likeness (QED) is 0.266. The number of nitrogens with zero attached hydrogens (tertiary/aromatic N) is 3. The zero-order chi connectivity index (χ0) is 24.2. The molecule has 0 saturated heterocycles. The second-order valence-electron chi connectivity index (χ2n) is 8.30. The number of aliphatic hydroxyl groups excluding tert-OH is 1. The third kappa shape index (κ3) is 7.90. The van der Waals surface area contributed by atoms with Crippen LogP contribution in [0.25, 0.3) is 0 Å². The van der Waals surface area contributed by atoms with Crippen LogP contribution in [0.15, 0.2) is 54.6 Å². The number of nitrogens with one attached hydrogen (secondary N) is 1. The second kappa shape index (κ2) is 13.4. The molecule has 1 heterocycles. The highest BCUT2D eigenvalue weighted by atomic mass is 16.5. The molecule has 0 fully saturated rings. The van der Waals surface area contributed by atoms with Crippen LogP contribution in [-0.4, -0.2) is 39.7 Å². The minimum atomic E-state index is 0.192. The molecule has 1 aromatic heterocycles. The van der Waals surface area contributed by atoms with Crippen LogP contribution in [-0.2, 0) is 19.6 Å². The topological polar surface area (TPSA) is 123 Å². The number of unbranched alkanes of at least 4 members (excludes halogenated alkanes) is 1. The summed E-state index contributed by atoms with van der Waals surface area (Å²) in [6.07, 6.45) is 2.70. The van der Waals surface area contributed by atoms with Gasteiger partial charge in [-0.25, -0.2) is 0 Å². The number of benzene rings is 2. The highest BCUT2D eigenvalue weighted by Crippen LogP contribution is 2.25. The van der Waals surface area contributed by atoms with E-state index in [2.05, 4.69) is 75.6 Å². The molecule has 3 aromatic rings. The van der Waals surface area contributed by atoms with Crippen molar-refractivity contribution in [3.63, 3.8) is 0 Å². The Kier molecular flexibility index (Phi) is 9.94. The smallest absolute Gasteiger partial charge is 0.320 e. The maximum Gasteiger partial charge on any atom is 0.320 e. The second-order valence-corrected chi connectivity index (χ2v) is 8.30. The molecule has 0 atom stereocenters. The van der Waals surface area contributed by atoms with Crippen LogP contribution in [0.5, 0.6) is 6.01 Å². The number of rotatable bonds is 14. The summed E-state index contributed by atoms with van der Waals surface area (Å²) in [5.74, 6) is 0.682. The Morgan fingerprint density at radius 3 is 2.26 bits per heavy atom. The maximum atomic E-state index is 9.28. The van der Waals surface area contributed by atoms with E-state index in [9.17, 15) is 5.11 Å². The predicted octanol–water partition coefficient (Wildman–Crippen LogP) is 3.82.